The monoisotopic (exact) mass is 482 g/mol. The number of nitrogen functional groups attached to an aromatic ring is 1. The molecule has 0 atom stereocenters. The van der Waals surface area contributed by atoms with E-state index in [0.29, 0.717) is 21.8 Å². The Morgan fingerprint density at radius 1 is 1.26 bits per heavy atom. The zero-order valence-electron chi connectivity index (χ0n) is 17.2. The largest absolute Gasteiger partial charge is 0.383 e. The van der Waals surface area contributed by atoms with E-state index in [1.807, 2.05) is 42.2 Å². The molecule has 0 amide bonds. The number of carbonyl (C=O) groups excluding carboxylic acids is 2. The van der Waals surface area contributed by atoms with E-state index in [0.717, 1.165) is 47.7 Å². The van der Waals surface area contributed by atoms with Crippen LogP contribution in [0.5, 0.6) is 0 Å². The van der Waals surface area contributed by atoms with Crippen LogP contribution in [-0.4, -0.2) is 45.7 Å². The molecule has 0 bridgehead atoms. The molecule has 0 spiro atoms. The Bertz CT molecular complexity index is 1210. The van der Waals surface area contributed by atoms with Crippen molar-refractivity contribution in [3.05, 3.63) is 47.2 Å². The summed E-state index contributed by atoms with van der Waals surface area (Å²) in [6, 6.07) is 10.0. The highest BCUT2D eigenvalue weighted by molar-refractivity contribution is 9.10. The van der Waals surface area contributed by atoms with E-state index in [1.54, 1.807) is 10.7 Å². The predicted octanol–water partition coefficient (Wildman–Crippen LogP) is 3.91. The number of aromatic nitrogens is 4. The zero-order chi connectivity index (χ0) is 22.4. The summed E-state index contributed by atoms with van der Waals surface area (Å²) in [4.78, 5) is 30.6. The number of hydrogen-bond acceptors (Lipinski definition) is 7. The summed E-state index contributed by atoms with van der Waals surface area (Å²) in [5.41, 5.74) is 9.66. The lowest BCUT2D eigenvalue weighted by Gasteiger charge is -2.23. The Morgan fingerprint density at radius 3 is 2.77 bits per heavy atom. The summed E-state index contributed by atoms with van der Waals surface area (Å²) in [6.07, 6.45) is 6.42. The number of hydrogen-bond donors (Lipinski definition) is 1. The maximum Gasteiger partial charge on any atom is 0.167 e. The van der Waals surface area contributed by atoms with Gasteiger partial charge in [-0.3, -0.25) is 4.98 Å². The number of anilines is 2. The molecule has 4 aromatic rings. The van der Waals surface area contributed by atoms with Crippen LogP contribution in [0.1, 0.15) is 19.8 Å². The van der Waals surface area contributed by atoms with E-state index in [1.165, 1.54) is 0 Å². The van der Waals surface area contributed by atoms with Gasteiger partial charge in [0.05, 0.1) is 18.3 Å². The van der Waals surface area contributed by atoms with Crippen LogP contribution in [0.3, 0.4) is 0 Å². The number of unbranched alkanes of at least 4 members (excludes halogenated alkanes) is 1. The van der Waals surface area contributed by atoms with Crippen molar-refractivity contribution in [1.82, 2.24) is 19.6 Å². The number of para-hydroxylation sites is 1. The molecular weight excluding hydrogens is 460 g/mol. The molecule has 0 aliphatic heterocycles. The molecule has 0 saturated carbocycles. The van der Waals surface area contributed by atoms with E-state index in [9.17, 15) is 4.79 Å². The molecule has 8 nitrogen and oxygen atoms in total. The van der Waals surface area contributed by atoms with Gasteiger partial charge in [0.25, 0.3) is 0 Å². The van der Waals surface area contributed by atoms with Gasteiger partial charge in [-0.2, -0.15) is 9.61 Å². The fourth-order valence-corrected chi connectivity index (χ4v) is 3.84. The Morgan fingerprint density at radius 2 is 2.03 bits per heavy atom. The van der Waals surface area contributed by atoms with Gasteiger partial charge in [-0.05, 0) is 34.5 Å². The Labute approximate surface area is 188 Å². The Kier molecular flexibility index (Phi) is 7.30. The maximum absolute atomic E-state index is 11.2. The van der Waals surface area contributed by atoms with E-state index in [2.05, 4.69) is 39.0 Å². The van der Waals surface area contributed by atoms with Gasteiger partial charge in [-0.1, -0.05) is 31.5 Å². The summed E-state index contributed by atoms with van der Waals surface area (Å²) in [5, 5.41) is 5.47. The number of benzene rings is 1. The number of nitrogens with zero attached hydrogens (tertiary/aromatic N) is 5. The van der Waals surface area contributed by atoms with Crippen LogP contribution in [0.25, 0.3) is 27.7 Å². The van der Waals surface area contributed by atoms with E-state index < -0.39 is 0 Å². The standard InChI is InChI=1S/C21H21BrN6O.CH2O/c1-2-3-8-27(9-10-29)21-18(22)19(23)28-20(26-21)16(13-25-28)15-11-14-6-4-5-7-17(14)24-12-15;1-2/h4-7,10-13H,2-3,8-9,23H2,1H3;1H2. The highest BCUT2D eigenvalue weighted by Crippen LogP contribution is 2.34. The molecule has 160 valence electrons. The average molecular weight is 483 g/mol. The number of nitrogens with two attached hydrogens (primary N) is 1. The van der Waals surface area contributed by atoms with Gasteiger partial charge < -0.3 is 20.2 Å². The van der Waals surface area contributed by atoms with Crippen molar-refractivity contribution in [3.8, 4) is 11.1 Å². The number of rotatable bonds is 7. The minimum absolute atomic E-state index is 0.252. The summed E-state index contributed by atoms with van der Waals surface area (Å²) in [5.74, 6) is 1.09. The number of fused-ring (bicyclic) bond motifs is 2. The summed E-state index contributed by atoms with van der Waals surface area (Å²) < 4.78 is 2.24. The molecule has 0 aliphatic rings. The van der Waals surface area contributed by atoms with Crippen molar-refractivity contribution < 1.29 is 9.59 Å². The fraction of sp³-hybridized carbons (Fsp3) is 0.227. The third-order valence-electron chi connectivity index (χ3n) is 4.88. The van der Waals surface area contributed by atoms with Gasteiger partial charge in [-0.15, -0.1) is 0 Å². The summed E-state index contributed by atoms with van der Waals surface area (Å²) in [7, 11) is 0. The van der Waals surface area contributed by atoms with Crippen molar-refractivity contribution >= 4 is 57.2 Å². The molecule has 3 aromatic heterocycles. The quantitative estimate of drug-likeness (QED) is 0.397. The first kappa shape index (κ1) is 22.4. The minimum atomic E-state index is 0.252. The number of carbonyl (C=O) groups is 2. The minimum Gasteiger partial charge on any atom is -0.383 e. The molecule has 0 fully saturated rings. The van der Waals surface area contributed by atoms with Crippen molar-refractivity contribution in [2.24, 2.45) is 0 Å². The first-order valence-corrected chi connectivity index (χ1v) is 10.6. The van der Waals surface area contributed by atoms with Gasteiger partial charge in [0.15, 0.2) is 5.65 Å². The molecule has 0 unspecified atom stereocenters. The molecule has 0 saturated heterocycles. The number of halogens is 1. The van der Waals surface area contributed by atoms with Gasteiger partial charge in [0.1, 0.15) is 29.2 Å². The second kappa shape index (κ2) is 10.1. The Balaban J connectivity index is 0.00000132. The average Bonchev–Trinajstić information content (AvgIpc) is 3.24. The zero-order valence-corrected chi connectivity index (χ0v) is 18.7. The molecule has 3 heterocycles. The van der Waals surface area contributed by atoms with Crippen LogP contribution in [0.2, 0.25) is 0 Å². The van der Waals surface area contributed by atoms with E-state index >= 15 is 0 Å². The fourth-order valence-electron chi connectivity index (χ4n) is 3.34. The lowest BCUT2D eigenvalue weighted by atomic mass is 10.1. The van der Waals surface area contributed by atoms with Gasteiger partial charge >= 0.3 is 0 Å². The van der Waals surface area contributed by atoms with Crippen LogP contribution in [0.15, 0.2) is 47.2 Å². The van der Waals surface area contributed by atoms with E-state index in [-0.39, 0.29) is 6.54 Å². The lowest BCUT2D eigenvalue weighted by Crippen LogP contribution is -2.28. The molecule has 4 rings (SSSR count). The molecule has 0 radical (unpaired) electrons. The first-order valence-electron chi connectivity index (χ1n) is 9.79. The molecular formula is C22H23BrN6O2. The smallest absolute Gasteiger partial charge is 0.167 e. The molecule has 1 aromatic carbocycles. The molecule has 9 heteroatoms. The molecule has 31 heavy (non-hydrogen) atoms. The third kappa shape index (κ3) is 4.41. The molecule has 2 N–H and O–H groups in total. The lowest BCUT2D eigenvalue weighted by molar-refractivity contribution is -0.106. The maximum atomic E-state index is 11.2. The summed E-state index contributed by atoms with van der Waals surface area (Å²) in [6.45, 7) is 5.08. The van der Waals surface area contributed by atoms with Gasteiger partial charge in [0.2, 0.25) is 0 Å². The molecule has 0 aliphatic carbocycles. The van der Waals surface area contributed by atoms with Gasteiger partial charge in [-0.25, -0.2) is 4.98 Å². The first-order chi connectivity index (χ1) is 15.1. The number of aldehydes is 1. The van der Waals surface area contributed by atoms with Crippen LogP contribution in [0, 0.1) is 0 Å². The second-order valence-electron chi connectivity index (χ2n) is 6.81. The van der Waals surface area contributed by atoms with Gasteiger partial charge in [0, 0.05) is 29.3 Å². The van der Waals surface area contributed by atoms with Crippen LogP contribution in [-0.2, 0) is 9.59 Å². The van der Waals surface area contributed by atoms with E-state index in [4.69, 9.17) is 15.5 Å². The predicted molar refractivity (Wildman–Crippen MR) is 126 cm³/mol. The third-order valence-corrected chi connectivity index (χ3v) is 5.64. The normalized spacial score (nSPS) is 10.6. The summed E-state index contributed by atoms with van der Waals surface area (Å²) >= 11 is 3.54. The van der Waals surface area contributed by atoms with Crippen LogP contribution < -0.4 is 10.6 Å². The SMILES string of the molecule is C=O.CCCCN(CC=O)c1nc2c(-c3cnc4ccccc4c3)cnn2c(N)c1Br. The van der Waals surface area contributed by atoms with Crippen LogP contribution in [0.4, 0.5) is 11.6 Å². The second-order valence-corrected chi connectivity index (χ2v) is 7.60. The highest BCUT2D eigenvalue weighted by atomic mass is 79.9. The topological polar surface area (TPSA) is 106 Å². The van der Waals surface area contributed by atoms with Crippen LogP contribution >= 0.6 is 15.9 Å². The number of pyridine rings is 1. The van der Waals surface area contributed by atoms with Crippen molar-refractivity contribution in [1.29, 1.82) is 0 Å². The van der Waals surface area contributed by atoms with Crippen molar-refractivity contribution in [3.63, 3.8) is 0 Å². The Hall–Kier alpha value is -3.33. The highest BCUT2D eigenvalue weighted by Gasteiger charge is 2.20. The van der Waals surface area contributed by atoms with Crippen molar-refractivity contribution in [2.45, 2.75) is 19.8 Å². The van der Waals surface area contributed by atoms with Crippen molar-refractivity contribution in [2.75, 3.05) is 23.7 Å².